The molecule has 0 aromatic heterocycles. The lowest BCUT2D eigenvalue weighted by Crippen LogP contribution is -2.57. The normalized spacial score (nSPS) is 39.2. The SMILES string of the molecule is CC(C)CC[C@@]1(C)NC(=O)N(CC(=O)N[C@@H](C)C23CC4CC(CC(C4)C2)C3)C1=O. The summed E-state index contributed by atoms with van der Waals surface area (Å²) in [5.41, 5.74) is -0.680. The first-order valence-electron chi connectivity index (χ1n) is 11.5. The van der Waals surface area contributed by atoms with E-state index in [0.29, 0.717) is 12.3 Å². The molecule has 1 saturated heterocycles. The van der Waals surface area contributed by atoms with Crippen molar-refractivity contribution >= 4 is 17.8 Å². The largest absolute Gasteiger partial charge is 0.352 e. The molecule has 2 atom stereocenters. The van der Waals surface area contributed by atoms with Gasteiger partial charge in [0.2, 0.25) is 5.91 Å². The first kappa shape index (κ1) is 20.7. The molecule has 1 heterocycles. The maximum absolute atomic E-state index is 12.9. The van der Waals surface area contributed by atoms with Gasteiger partial charge in [0.1, 0.15) is 12.1 Å². The van der Waals surface area contributed by atoms with E-state index >= 15 is 0 Å². The van der Waals surface area contributed by atoms with Crippen LogP contribution in [0.3, 0.4) is 0 Å². The standard InChI is InChI=1S/C23H37N3O3/c1-14(2)5-6-22(4)20(28)26(21(29)25-22)13-19(27)24-15(3)23-10-16-7-17(11-23)9-18(8-16)12-23/h14-18H,5-13H2,1-4H3,(H,24,27)(H,25,29)/t15-,16?,17?,18?,22+,23?/m0/s1. The van der Waals surface area contributed by atoms with Crippen molar-refractivity contribution < 1.29 is 14.4 Å². The molecule has 0 aromatic carbocycles. The molecule has 5 rings (SSSR count). The number of carbonyl (C=O) groups excluding carboxylic acids is 3. The highest BCUT2D eigenvalue weighted by molar-refractivity contribution is 6.08. The van der Waals surface area contributed by atoms with E-state index in [1.807, 2.05) is 0 Å². The van der Waals surface area contributed by atoms with E-state index in [1.54, 1.807) is 6.92 Å². The van der Waals surface area contributed by atoms with Gasteiger partial charge in [0, 0.05) is 6.04 Å². The van der Waals surface area contributed by atoms with Gasteiger partial charge in [0.15, 0.2) is 0 Å². The minimum atomic E-state index is -0.896. The monoisotopic (exact) mass is 403 g/mol. The Balaban J connectivity index is 1.36. The second-order valence-electron chi connectivity index (χ2n) is 11.2. The Morgan fingerprint density at radius 3 is 2.17 bits per heavy atom. The summed E-state index contributed by atoms with van der Waals surface area (Å²) in [5.74, 6) is 2.44. The molecular formula is C23H37N3O3. The second kappa shape index (κ2) is 7.28. The predicted molar refractivity (Wildman–Crippen MR) is 111 cm³/mol. The fourth-order valence-electron chi connectivity index (χ4n) is 6.93. The Bertz CT molecular complexity index is 668. The van der Waals surface area contributed by atoms with Gasteiger partial charge in [0.05, 0.1) is 0 Å². The van der Waals surface area contributed by atoms with Gasteiger partial charge >= 0.3 is 6.03 Å². The highest BCUT2D eigenvalue weighted by atomic mass is 16.2. The lowest BCUT2D eigenvalue weighted by molar-refractivity contribution is -0.136. The molecule has 29 heavy (non-hydrogen) atoms. The molecule has 5 fully saturated rings. The molecular weight excluding hydrogens is 366 g/mol. The predicted octanol–water partition coefficient (Wildman–Crippen LogP) is 3.45. The summed E-state index contributed by atoms with van der Waals surface area (Å²) in [6.45, 7) is 7.91. The Morgan fingerprint density at radius 2 is 1.66 bits per heavy atom. The number of nitrogens with zero attached hydrogens (tertiary/aromatic N) is 1. The third kappa shape index (κ3) is 3.79. The van der Waals surface area contributed by atoms with Gasteiger partial charge in [-0.2, -0.15) is 0 Å². The van der Waals surface area contributed by atoms with Gasteiger partial charge in [-0.25, -0.2) is 4.79 Å². The van der Waals surface area contributed by atoms with Gasteiger partial charge in [-0.15, -0.1) is 0 Å². The number of hydrogen-bond acceptors (Lipinski definition) is 3. The van der Waals surface area contributed by atoms with Crippen molar-refractivity contribution in [2.45, 2.75) is 90.6 Å². The molecule has 0 radical (unpaired) electrons. The molecule has 4 bridgehead atoms. The van der Waals surface area contributed by atoms with E-state index in [9.17, 15) is 14.4 Å². The number of carbonyl (C=O) groups is 3. The number of rotatable bonds is 7. The third-order valence-electron chi connectivity index (χ3n) is 8.25. The minimum Gasteiger partial charge on any atom is -0.352 e. The fourth-order valence-corrected chi connectivity index (χ4v) is 6.93. The molecule has 6 nitrogen and oxygen atoms in total. The molecule has 6 heteroatoms. The number of nitrogens with one attached hydrogen (secondary N) is 2. The Kier molecular flexibility index (Phi) is 5.19. The summed E-state index contributed by atoms with van der Waals surface area (Å²) >= 11 is 0. The average Bonchev–Trinajstić information content (AvgIpc) is 2.82. The quantitative estimate of drug-likeness (QED) is 0.639. The van der Waals surface area contributed by atoms with Crippen LogP contribution < -0.4 is 10.6 Å². The smallest absolute Gasteiger partial charge is 0.325 e. The fraction of sp³-hybridized carbons (Fsp3) is 0.870. The molecule has 2 N–H and O–H groups in total. The van der Waals surface area contributed by atoms with Crippen LogP contribution in [-0.2, 0) is 9.59 Å². The summed E-state index contributed by atoms with van der Waals surface area (Å²) in [6, 6.07) is -0.352. The first-order chi connectivity index (χ1) is 13.6. The topological polar surface area (TPSA) is 78.5 Å². The lowest BCUT2D eigenvalue weighted by Gasteiger charge is -2.59. The molecule has 1 aliphatic heterocycles. The highest BCUT2D eigenvalue weighted by Gasteiger charge is 2.54. The molecule has 5 aliphatic rings. The van der Waals surface area contributed by atoms with Crippen molar-refractivity contribution in [3.05, 3.63) is 0 Å². The van der Waals surface area contributed by atoms with Crippen molar-refractivity contribution in [2.75, 3.05) is 6.54 Å². The summed E-state index contributed by atoms with van der Waals surface area (Å²) in [7, 11) is 0. The summed E-state index contributed by atoms with van der Waals surface area (Å²) in [5, 5.41) is 5.98. The molecule has 0 aromatic rings. The van der Waals surface area contributed by atoms with Crippen molar-refractivity contribution in [1.82, 2.24) is 15.5 Å². The Hall–Kier alpha value is -1.59. The summed E-state index contributed by atoms with van der Waals surface area (Å²) in [4.78, 5) is 39.1. The van der Waals surface area contributed by atoms with Crippen molar-refractivity contribution in [3.8, 4) is 0 Å². The van der Waals surface area contributed by atoms with E-state index in [1.165, 1.54) is 38.5 Å². The van der Waals surface area contributed by atoms with Gasteiger partial charge in [0.25, 0.3) is 5.91 Å². The lowest BCUT2D eigenvalue weighted by atomic mass is 9.48. The maximum atomic E-state index is 12.9. The van der Waals surface area contributed by atoms with E-state index < -0.39 is 11.6 Å². The van der Waals surface area contributed by atoms with E-state index in [0.717, 1.165) is 29.1 Å². The van der Waals surface area contributed by atoms with Gasteiger partial charge in [-0.05, 0) is 94.3 Å². The number of imide groups is 1. The van der Waals surface area contributed by atoms with Crippen LogP contribution in [0.25, 0.3) is 0 Å². The summed E-state index contributed by atoms with van der Waals surface area (Å²) < 4.78 is 0. The molecule has 4 amide bonds. The molecule has 162 valence electrons. The highest BCUT2D eigenvalue weighted by Crippen LogP contribution is 2.61. The van der Waals surface area contributed by atoms with Crippen LogP contribution in [0.15, 0.2) is 0 Å². The van der Waals surface area contributed by atoms with E-state index in [2.05, 4.69) is 31.4 Å². The van der Waals surface area contributed by atoms with Gasteiger partial charge < -0.3 is 10.6 Å². The van der Waals surface area contributed by atoms with Crippen LogP contribution in [0.5, 0.6) is 0 Å². The van der Waals surface area contributed by atoms with Crippen molar-refractivity contribution in [2.24, 2.45) is 29.1 Å². The van der Waals surface area contributed by atoms with Gasteiger partial charge in [-0.1, -0.05) is 13.8 Å². The van der Waals surface area contributed by atoms with Crippen LogP contribution >= 0.6 is 0 Å². The van der Waals surface area contributed by atoms with Crippen LogP contribution in [-0.4, -0.2) is 40.9 Å². The summed E-state index contributed by atoms with van der Waals surface area (Å²) in [6.07, 6.45) is 9.22. The number of hydrogen-bond donors (Lipinski definition) is 2. The molecule has 0 spiro atoms. The van der Waals surface area contributed by atoms with Crippen LogP contribution in [0.2, 0.25) is 0 Å². The van der Waals surface area contributed by atoms with Crippen molar-refractivity contribution in [3.63, 3.8) is 0 Å². The molecule has 4 saturated carbocycles. The van der Waals surface area contributed by atoms with Crippen LogP contribution in [0.4, 0.5) is 4.79 Å². The zero-order valence-electron chi connectivity index (χ0n) is 18.4. The first-order valence-corrected chi connectivity index (χ1v) is 11.5. The molecule has 0 unspecified atom stereocenters. The van der Waals surface area contributed by atoms with Gasteiger partial charge in [-0.3, -0.25) is 14.5 Å². The van der Waals surface area contributed by atoms with Crippen LogP contribution in [0, 0.1) is 29.1 Å². The second-order valence-corrected chi connectivity index (χ2v) is 11.2. The zero-order valence-corrected chi connectivity index (χ0v) is 18.4. The van der Waals surface area contributed by atoms with Crippen LogP contribution in [0.1, 0.15) is 79.1 Å². The third-order valence-corrected chi connectivity index (χ3v) is 8.25. The maximum Gasteiger partial charge on any atom is 0.325 e. The van der Waals surface area contributed by atoms with E-state index in [4.69, 9.17) is 0 Å². The average molecular weight is 404 g/mol. The molecule has 4 aliphatic carbocycles. The number of amides is 4. The van der Waals surface area contributed by atoms with Crippen molar-refractivity contribution in [1.29, 1.82) is 0 Å². The zero-order chi connectivity index (χ0) is 21.0. The van der Waals surface area contributed by atoms with E-state index in [-0.39, 0.29) is 29.8 Å². The minimum absolute atomic E-state index is 0.0940. The Morgan fingerprint density at radius 1 is 1.10 bits per heavy atom. The Labute approximate surface area is 174 Å². The number of urea groups is 1.